The van der Waals surface area contributed by atoms with Gasteiger partial charge >= 0.3 is 6.09 Å². The lowest BCUT2D eigenvalue weighted by atomic mass is 10.1. The molecule has 10 nitrogen and oxygen atoms in total. The van der Waals surface area contributed by atoms with Gasteiger partial charge in [-0.25, -0.2) is 9.18 Å². The predicted octanol–water partition coefficient (Wildman–Crippen LogP) is 2.87. The molecule has 36 heavy (non-hydrogen) atoms. The van der Waals surface area contributed by atoms with Crippen LogP contribution >= 0.6 is 0 Å². The first kappa shape index (κ1) is 23.3. The number of amides is 2. The number of halogens is 1. The molecule has 1 unspecified atom stereocenters. The summed E-state index contributed by atoms with van der Waals surface area (Å²) >= 11 is 0. The SMILES string of the molecule is CC(=O)NC[C@H]1CN(c2ccc(N3CCC(n4ncc(-c5cccc(C#N)c5)n4)C3)c(F)c2)C(=O)O1. The smallest absolute Gasteiger partial charge is 0.414 e. The van der Waals surface area contributed by atoms with Gasteiger partial charge in [0.15, 0.2) is 0 Å². The standard InChI is InChI=1S/C25H24FN7O3/c1-16(34)28-12-21-15-32(25(35)36-21)19-5-6-24(22(26)10-19)31-8-7-20(14-31)33-29-13-23(30-33)18-4-2-3-17(9-18)11-27/h2-6,9-10,13,20-21H,7-8,12,14-15H2,1H3,(H,28,34)/t20?,21-/m0/s1. The second-order valence-corrected chi connectivity index (χ2v) is 8.82. The van der Waals surface area contributed by atoms with Crippen LogP contribution in [0.4, 0.5) is 20.6 Å². The molecule has 11 heteroatoms. The molecule has 1 aromatic heterocycles. The molecular weight excluding hydrogens is 465 g/mol. The predicted molar refractivity (Wildman–Crippen MR) is 129 cm³/mol. The Balaban J connectivity index is 1.25. The van der Waals surface area contributed by atoms with Crippen molar-refractivity contribution in [2.24, 2.45) is 0 Å². The molecule has 2 amide bonds. The molecule has 2 fully saturated rings. The lowest BCUT2D eigenvalue weighted by Gasteiger charge is -2.21. The molecule has 3 aromatic rings. The largest absolute Gasteiger partial charge is 0.442 e. The van der Waals surface area contributed by atoms with Gasteiger partial charge in [0.05, 0.1) is 48.3 Å². The number of hydrogen-bond acceptors (Lipinski definition) is 7. The first-order valence-electron chi connectivity index (χ1n) is 11.6. The number of carbonyl (C=O) groups is 2. The second kappa shape index (κ2) is 9.65. The second-order valence-electron chi connectivity index (χ2n) is 8.82. The summed E-state index contributed by atoms with van der Waals surface area (Å²) in [6, 6.07) is 14.0. The zero-order chi connectivity index (χ0) is 25.2. The van der Waals surface area contributed by atoms with Crippen LogP contribution in [-0.4, -0.2) is 59.3 Å². The van der Waals surface area contributed by atoms with Crippen LogP contribution in [0.25, 0.3) is 11.3 Å². The summed E-state index contributed by atoms with van der Waals surface area (Å²) in [7, 11) is 0. The molecule has 0 spiro atoms. The third-order valence-corrected chi connectivity index (χ3v) is 6.32. The Hall–Kier alpha value is -4.46. The van der Waals surface area contributed by atoms with E-state index in [1.54, 1.807) is 35.3 Å². The van der Waals surface area contributed by atoms with E-state index in [4.69, 9.17) is 10.00 Å². The molecule has 3 heterocycles. The first-order chi connectivity index (χ1) is 17.4. The van der Waals surface area contributed by atoms with Crippen molar-refractivity contribution >= 4 is 23.4 Å². The van der Waals surface area contributed by atoms with E-state index in [0.29, 0.717) is 35.7 Å². The molecule has 2 atom stereocenters. The Morgan fingerprint density at radius 1 is 1.28 bits per heavy atom. The van der Waals surface area contributed by atoms with Crippen LogP contribution in [0.2, 0.25) is 0 Å². The van der Waals surface area contributed by atoms with Crippen molar-refractivity contribution in [2.45, 2.75) is 25.5 Å². The summed E-state index contributed by atoms with van der Waals surface area (Å²) in [5.74, 6) is -0.646. The highest BCUT2D eigenvalue weighted by atomic mass is 19.1. The number of nitrogens with one attached hydrogen (secondary N) is 1. The summed E-state index contributed by atoms with van der Waals surface area (Å²) in [6.45, 7) is 3.00. The van der Waals surface area contributed by atoms with Gasteiger partial charge in [0.1, 0.15) is 17.6 Å². The van der Waals surface area contributed by atoms with Crippen molar-refractivity contribution in [1.82, 2.24) is 20.3 Å². The minimum absolute atomic E-state index is 0.0277. The maximum Gasteiger partial charge on any atom is 0.414 e. The van der Waals surface area contributed by atoms with Gasteiger partial charge in [-0.3, -0.25) is 9.69 Å². The number of nitriles is 1. The summed E-state index contributed by atoms with van der Waals surface area (Å²) in [5.41, 5.74) is 2.89. The van der Waals surface area contributed by atoms with E-state index in [-0.39, 0.29) is 25.0 Å². The third kappa shape index (κ3) is 4.70. The Morgan fingerprint density at radius 2 is 2.14 bits per heavy atom. The maximum atomic E-state index is 15.1. The fraction of sp³-hybridized carbons (Fsp3) is 0.320. The molecule has 2 saturated heterocycles. The fourth-order valence-electron chi connectivity index (χ4n) is 4.50. The third-order valence-electron chi connectivity index (χ3n) is 6.32. The molecule has 0 saturated carbocycles. The molecule has 2 aliphatic heterocycles. The zero-order valence-corrected chi connectivity index (χ0v) is 19.6. The van der Waals surface area contributed by atoms with Crippen molar-refractivity contribution in [3.63, 3.8) is 0 Å². The first-order valence-corrected chi connectivity index (χ1v) is 11.6. The van der Waals surface area contributed by atoms with E-state index in [1.165, 1.54) is 17.9 Å². The highest BCUT2D eigenvalue weighted by molar-refractivity contribution is 5.90. The quantitative estimate of drug-likeness (QED) is 0.566. The summed E-state index contributed by atoms with van der Waals surface area (Å²) in [6.07, 6.45) is 1.36. The number of hydrogen-bond donors (Lipinski definition) is 1. The lowest BCUT2D eigenvalue weighted by molar-refractivity contribution is -0.119. The number of benzene rings is 2. The Labute approximate surface area is 206 Å². The van der Waals surface area contributed by atoms with Crippen molar-refractivity contribution < 1.29 is 18.7 Å². The van der Waals surface area contributed by atoms with Gasteiger partial charge in [0.25, 0.3) is 0 Å². The van der Waals surface area contributed by atoms with E-state index in [2.05, 4.69) is 21.6 Å². The number of anilines is 2. The van der Waals surface area contributed by atoms with Crippen LogP contribution in [0.1, 0.15) is 24.9 Å². The highest BCUT2D eigenvalue weighted by Gasteiger charge is 2.33. The normalized spacial score (nSPS) is 19.3. The van der Waals surface area contributed by atoms with Gasteiger partial charge < -0.3 is 15.0 Å². The van der Waals surface area contributed by atoms with E-state index < -0.39 is 18.0 Å². The average Bonchev–Trinajstić information content (AvgIpc) is 3.62. The number of rotatable bonds is 6. The van der Waals surface area contributed by atoms with Crippen molar-refractivity contribution in [1.29, 1.82) is 5.26 Å². The minimum atomic E-state index is -0.570. The van der Waals surface area contributed by atoms with Crippen LogP contribution in [0.5, 0.6) is 0 Å². The van der Waals surface area contributed by atoms with E-state index >= 15 is 4.39 Å². The molecular formula is C25H24FN7O3. The molecule has 0 radical (unpaired) electrons. The molecule has 5 rings (SSSR count). The lowest BCUT2D eigenvalue weighted by Crippen LogP contribution is -2.33. The van der Waals surface area contributed by atoms with Crippen LogP contribution in [-0.2, 0) is 9.53 Å². The maximum absolute atomic E-state index is 15.1. The number of nitrogens with zero attached hydrogens (tertiary/aromatic N) is 6. The summed E-state index contributed by atoms with van der Waals surface area (Å²) < 4.78 is 20.4. The molecule has 0 bridgehead atoms. The number of cyclic esters (lactones) is 1. The monoisotopic (exact) mass is 489 g/mol. The number of ether oxygens (including phenoxy) is 1. The Bertz CT molecular complexity index is 1350. The molecule has 2 aromatic carbocycles. The Morgan fingerprint density at radius 3 is 2.92 bits per heavy atom. The summed E-state index contributed by atoms with van der Waals surface area (Å²) in [4.78, 5) is 28.3. The highest BCUT2D eigenvalue weighted by Crippen LogP contribution is 2.32. The number of aromatic nitrogens is 3. The minimum Gasteiger partial charge on any atom is -0.442 e. The summed E-state index contributed by atoms with van der Waals surface area (Å²) in [5, 5.41) is 20.7. The van der Waals surface area contributed by atoms with Crippen molar-refractivity contribution in [3.8, 4) is 17.3 Å². The topological polar surface area (TPSA) is 116 Å². The van der Waals surface area contributed by atoms with Crippen LogP contribution in [0.3, 0.4) is 0 Å². The molecule has 0 aliphatic carbocycles. The van der Waals surface area contributed by atoms with Gasteiger partial charge in [-0.1, -0.05) is 12.1 Å². The van der Waals surface area contributed by atoms with Gasteiger partial charge in [-0.2, -0.15) is 20.3 Å². The van der Waals surface area contributed by atoms with E-state index in [9.17, 15) is 9.59 Å². The zero-order valence-electron chi connectivity index (χ0n) is 19.6. The van der Waals surface area contributed by atoms with Gasteiger partial charge in [-0.15, -0.1) is 0 Å². The van der Waals surface area contributed by atoms with Crippen molar-refractivity contribution in [2.75, 3.05) is 36.0 Å². The fourth-order valence-corrected chi connectivity index (χ4v) is 4.50. The molecule has 1 N–H and O–H groups in total. The molecule has 2 aliphatic rings. The molecule has 184 valence electrons. The van der Waals surface area contributed by atoms with E-state index in [1.807, 2.05) is 17.0 Å². The van der Waals surface area contributed by atoms with E-state index in [0.717, 1.165) is 12.0 Å². The van der Waals surface area contributed by atoms with Gasteiger partial charge in [-0.05, 0) is 36.8 Å². The Kier molecular flexibility index (Phi) is 6.25. The van der Waals surface area contributed by atoms with Crippen LogP contribution in [0, 0.1) is 17.1 Å². The van der Waals surface area contributed by atoms with Gasteiger partial charge in [0, 0.05) is 25.6 Å². The number of carbonyl (C=O) groups excluding carboxylic acids is 2. The van der Waals surface area contributed by atoms with Crippen molar-refractivity contribution in [3.05, 3.63) is 60.0 Å². The van der Waals surface area contributed by atoms with Crippen LogP contribution in [0.15, 0.2) is 48.7 Å². The van der Waals surface area contributed by atoms with Crippen LogP contribution < -0.4 is 15.1 Å². The average molecular weight is 490 g/mol. The van der Waals surface area contributed by atoms with Gasteiger partial charge in [0.2, 0.25) is 5.91 Å².